The normalized spacial score (nSPS) is 12.1. The van der Waals surface area contributed by atoms with E-state index in [2.05, 4.69) is 35.6 Å². The first-order valence-corrected chi connectivity index (χ1v) is 10.5. The summed E-state index contributed by atoms with van der Waals surface area (Å²) in [6, 6.07) is 3.45. The number of H-pyrrole nitrogens is 1. The molecule has 4 N–H and O–H groups in total. The maximum atomic E-state index is 12.6. The standard InChI is InChI=1S/C22H25N9O2/c1-11-7-8-24-17(9-11)21-28-20(29-30-21)13(3)26-18(32)6-5-15-12(2)27-22-16(19(23)33)10-25-31(22)14(15)4/h7-10,13H,5-6H2,1-4H3,(H2,23,33)(H,26,32)(H,28,29,30)/t13-/m1/s1. The van der Waals surface area contributed by atoms with E-state index in [9.17, 15) is 9.59 Å². The van der Waals surface area contributed by atoms with Crippen LogP contribution in [-0.4, -0.2) is 46.6 Å². The van der Waals surface area contributed by atoms with E-state index in [1.165, 1.54) is 6.20 Å². The molecule has 0 fully saturated rings. The first-order valence-electron chi connectivity index (χ1n) is 10.5. The number of carbonyl (C=O) groups is 2. The number of fused-ring (bicyclic) bond motifs is 1. The second-order valence-corrected chi connectivity index (χ2v) is 7.97. The van der Waals surface area contributed by atoms with Gasteiger partial charge in [-0.05, 0) is 57.4 Å². The van der Waals surface area contributed by atoms with Gasteiger partial charge in [-0.25, -0.2) is 14.5 Å². The minimum Gasteiger partial charge on any atom is -0.365 e. The van der Waals surface area contributed by atoms with Gasteiger partial charge in [0.05, 0.1) is 12.2 Å². The fourth-order valence-corrected chi connectivity index (χ4v) is 3.71. The summed E-state index contributed by atoms with van der Waals surface area (Å²) in [4.78, 5) is 37.4. The van der Waals surface area contributed by atoms with Crippen LogP contribution < -0.4 is 11.1 Å². The van der Waals surface area contributed by atoms with Crippen LogP contribution in [0.15, 0.2) is 24.5 Å². The van der Waals surface area contributed by atoms with Gasteiger partial charge >= 0.3 is 0 Å². The monoisotopic (exact) mass is 447 g/mol. The van der Waals surface area contributed by atoms with E-state index in [0.717, 1.165) is 22.5 Å². The Labute approximate surface area is 189 Å². The van der Waals surface area contributed by atoms with Gasteiger partial charge in [0.15, 0.2) is 11.5 Å². The van der Waals surface area contributed by atoms with Crippen molar-refractivity contribution < 1.29 is 9.59 Å². The molecule has 0 bridgehead atoms. The van der Waals surface area contributed by atoms with Crippen LogP contribution in [0, 0.1) is 20.8 Å². The summed E-state index contributed by atoms with van der Waals surface area (Å²) in [5.41, 5.74) is 10.3. The van der Waals surface area contributed by atoms with Gasteiger partial charge in [-0.2, -0.15) is 10.2 Å². The summed E-state index contributed by atoms with van der Waals surface area (Å²) < 4.78 is 1.58. The molecule has 0 aromatic carbocycles. The second-order valence-electron chi connectivity index (χ2n) is 7.97. The van der Waals surface area contributed by atoms with Crippen molar-refractivity contribution in [1.29, 1.82) is 0 Å². The Balaban J connectivity index is 1.42. The molecule has 0 unspecified atom stereocenters. The molecular formula is C22H25N9O2. The van der Waals surface area contributed by atoms with Crippen molar-refractivity contribution in [1.82, 2.24) is 40.1 Å². The van der Waals surface area contributed by atoms with Crippen molar-refractivity contribution in [2.75, 3.05) is 0 Å². The average molecular weight is 448 g/mol. The Morgan fingerprint density at radius 3 is 2.76 bits per heavy atom. The number of aromatic nitrogens is 7. The van der Waals surface area contributed by atoms with E-state index in [-0.39, 0.29) is 23.9 Å². The predicted molar refractivity (Wildman–Crippen MR) is 120 cm³/mol. The van der Waals surface area contributed by atoms with Gasteiger partial charge in [0, 0.05) is 24.0 Å². The summed E-state index contributed by atoms with van der Waals surface area (Å²) in [6.45, 7) is 7.53. The van der Waals surface area contributed by atoms with Crippen LogP contribution in [0.25, 0.3) is 17.2 Å². The molecule has 170 valence electrons. The second kappa shape index (κ2) is 8.77. The number of hydrogen-bond donors (Lipinski definition) is 3. The minimum absolute atomic E-state index is 0.133. The average Bonchev–Trinajstić information content (AvgIpc) is 3.41. The van der Waals surface area contributed by atoms with Crippen molar-refractivity contribution in [3.05, 3.63) is 58.4 Å². The van der Waals surface area contributed by atoms with Crippen LogP contribution in [0.5, 0.6) is 0 Å². The van der Waals surface area contributed by atoms with Crippen LogP contribution in [0.4, 0.5) is 0 Å². The highest BCUT2D eigenvalue weighted by atomic mass is 16.2. The first kappa shape index (κ1) is 22.1. The highest BCUT2D eigenvalue weighted by molar-refractivity contribution is 5.98. The summed E-state index contributed by atoms with van der Waals surface area (Å²) in [7, 11) is 0. The predicted octanol–water partition coefficient (Wildman–Crippen LogP) is 1.74. The van der Waals surface area contributed by atoms with Crippen LogP contribution in [0.3, 0.4) is 0 Å². The smallest absolute Gasteiger partial charge is 0.254 e. The molecule has 0 aliphatic carbocycles. The number of pyridine rings is 1. The molecule has 11 nitrogen and oxygen atoms in total. The Morgan fingerprint density at radius 1 is 1.24 bits per heavy atom. The lowest BCUT2D eigenvalue weighted by molar-refractivity contribution is -0.121. The number of hydrogen-bond acceptors (Lipinski definition) is 7. The Bertz CT molecular complexity index is 1360. The van der Waals surface area contributed by atoms with Gasteiger partial charge in [-0.15, -0.1) is 0 Å². The zero-order chi connectivity index (χ0) is 23.7. The first-order chi connectivity index (χ1) is 15.7. The molecule has 4 rings (SSSR count). The number of rotatable bonds is 7. The molecule has 0 aliphatic rings. The number of amides is 2. The molecule has 4 aromatic heterocycles. The third-order valence-electron chi connectivity index (χ3n) is 5.51. The highest BCUT2D eigenvalue weighted by Crippen LogP contribution is 2.19. The van der Waals surface area contributed by atoms with Crippen molar-refractivity contribution in [2.45, 2.75) is 46.6 Å². The highest BCUT2D eigenvalue weighted by Gasteiger charge is 2.19. The molecule has 0 saturated heterocycles. The van der Waals surface area contributed by atoms with Crippen LogP contribution in [0.2, 0.25) is 0 Å². The van der Waals surface area contributed by atoms with Crippen LogP contribution in [0.1, 0.15) is 58.1 Å². The number of aromatic amines is 1. The molecule has 2 amide bonds. The summed E-state index contributed by atoms with van der Waals surface area (Å²) in [5.74, 6) is 0.320. The lowest BCUT2D eigenvalue weighted by Gasteiger charge is -2.13. The number of aryl methyl sites for hydroxylation is 3. The Kier molecular flexibility index (Phi) is 5.86. The lowest BCUT2D eigenvalue weighted by atomic mass is 10.1. The van der Waals surface area contributed by atoms with Crippen molar-refractivity contribution >= 4 is 17.5 Å². The third-order valence-corrected chi connectivity index (χ3v) is 5.51. The van der Waals surface area contributed by atoms with Crippen LogP contribution in [-0.2, 0) is 11.2 Å². The molecule has 11 heteroatoms. The SMILES string of the molecule is Cc1ccnc(-c2n[nH]c([C@@H](C)NC(=O)CCc3c(C)nc4c(C(N)=O)cnn4c3C)n2)c1. The Morgan fingerprint density at radius 2 is 2.03 bits per heavy atom. The van der Waals surface area contributed by atoms with Gasteiger partial charge in [0.1, 0.15) is 17.1 Å². The van der Waals surface area contributed by atoms with Gasteiger partial charge in [-0.3, -0.25) is 19.7 Å². The Hall–Kier alpha value is -4.15. The molecule has 0 aliphatic heterocycles. The van der Waals surface area contributed by atoms with E-state index in [4.69, 9.17) is 5.73 Å². The largest absolute Gasteiger partial charge is 0.365 e. The van der Waals surface area contributed by atoms with E-state index >= 15 is 0 Å². The van der Waals surface area contributed by atoms with Gasteiger partial charge < -0.3 is 11.1 Å². The maximum Gasteiger partial charge on any atom is 0.254 e. The summed E-state index contributed by atoms with van der Waals surface area (Å²) in [5, 5.41) is 14.3. The molecule has 33 heavy (non-hydrogen) atoms. The quantitative estimate of drug-likeness (QED) is 0.389. The zero-order valence-corrected chi connectivity index (χ0v) is 18.9. The topological polar surface area (TPSA) is 157 Å². The molecule has 4 heterocycles. The van der Waals surface area contributed by atoms with E-state index in [1.54, 1.807) is 10.7 Å². The maximum absolute atomic E-state index is 12.6. The van der Waals surface area contributed by atoms with E-state index in [1.807, 2.05) is 39.8 Å². The van der Waals surface area contributed by atoms with E-state index < -0.39 is 5.91 Å². The van der Waals surface area contributed by atoms with Gasteiger partial charge in [0.25, 0.3) is 5.91 Å². The van der Waals surface area contributed by atoms with Gasteiger partial charge in [0.2, 0.25) is 5.91 Å². The summed E-state index contributed by atoms with van der Waals surface area (Å²) in [6.07, 6.45) is 3.84. The number of primary amides is 1. The molecule has 0 radical (unpaired) electrons. The minimum atomic E-state index is -0.578. The molecule has 1 atom stereocenters. The van der Waals surface area contributed by atoms with E-state index in [0.29, 0.717) is 29.4 Å². The molecule has 4 aromatic rings. The third kappa shape index (κ3) is 4.43. The zero-order valence-electron chi connectivity index (χ0n) is 18.9. The van der Waals surface area contributed by atoms with Crippen molar-refractivity contribution in [3.8, 4) is 11.5 Å². The van der Waals surface area contributed by atoms with Crippen molar-refractivity contribution in [2.24, 2.45) is 5.73 Å². The fourth-order valence-electron chi connectivity index (χ4n) is 3.71. The lowest BCUT2D eigenvalue weighted by Crippen LogP contribution is -2.27. The number of nitrogens with zero attached hydrogens (tertiary/aromatic N) is 6. The number of nitrogens with two attached hydrogens (primary N) is 1. The summed E-state index contributed by atoms with van der Waals surface area (Å²) >= 11 is 0. The number of carbonyl (C=O) groups excluding carboxylic acids is 2. The van der Waals surface area contributed by atoms with Gasteiger partial charge in [-0.1, -0.05) is 0 Å². The molecule has 0 saturated carbocycles. The van der Waals surface area contributed by atoms with Crippen LogP contribution >= 0.6 is 0 Å². The number of nitrogens with one attached hydrogen (secondary N) is 2. The van der Waals surface area contributed by atoms with Crippen molar-refractivity contribution in [3.63, 3.8) is 0 Å². The molecule has 0 spiro atoms. The molecular weight excluding hydrogens is 422 g/mol. The fraction of sp³-hybridized carbons (Fsp3) is 0.318.